The summed E-state index contributed by atoms with van der Waals surface area (Å²) in [6.07, 6.45) is 1.36. The Hall–Kier alpha value is -3.20. The smallest absolute Gasteiger partial charge is 0.262 e. The summed E-state index contributed by atoms with van der Waals surface area (Å²) in [6, 6.07) is 7.35. The number of para-hydroxylation sites is 1. The van der Waals surface area contributed by atoms with Crippen LogP contribution >= 0.6 is 11.3 Å². The molecule has 0 saturated heterocycles. The fraction of sp³-hybridized carbons (Fsp3) is 0.300. The number of nitrogens with one attached hydrogen (secondary N) is 2. The third-order valence-corrected chi connectivity index (χ3v) is 5.70. The van der Waals surface area contributed by atoms with Crippen LogP contribution in [0.1, 0.15) is 16.0 Å². The topological polar surface area (TPSA) is 102 Å². The van der Waals surface area contributed by atoms with E-state index in [-0.39, 0.29) is 31.1 Å². The predicted octanol–water partition coefficient (Wildman–Crippen LogP) is 1.52. The van der Waals surface area contributed by atoms with E-state index in [0.717, 1.165) is 16.0 Å². The Labute approximate surface area is 171 Å². The summed E-state index contributed by atoms with van der Waals surface area (Å²) in [6.45, 7) is 3.70. The molecule has 0 aliphatic heterocycles. The first kappa shape index (κ1) is 20.5. The van der Waals surface area contributed by atoms with Gasteiger partial charge in [-0.3, -0.25) is 19.0 Å². The third-order valence-electron chi connectivity index (χ3n) is 4.58. The Morgan fingerprint density at radius 1 is 1.17 bits per heavy atom. The lowest BCUT2D eigenvalue weighted by Crippen LogP contribution is -2.39. The summed E-state index contributed by atoms with van der Waals surface area (Å²) in [5.41, 5.74) is 1.46. The summed E-state index contributed by atoms with van der Waals surface area (Å²) in [7, 11) is 1.56. The minimum atomic E-state index is -0.440. The van der Waals surface area contributed by atoms with Crippen LogP contribution in [-0.4, -0.2) is 35.0 Å². The second-order valence-corrected chi connectivity index (χ2v) is 7.71. The zero-order chi connectivity index (χ0) is 21.0. The molecule has 0 atom stereocenters. The molecule has 0 fully saturated rings. The van der Waals surface area contributed by atoms with Gasteiger partial charge in [0, 0.05) is 17.0 Å². The Bertz CT molecular complexity index is 1120. The lowest BCUT2D eigenvalue weighted by molar-refractivity contribution is -0.126. The van der Waals surface area contributed by atoms with Crippen LogP contribution in [-0.2, 0) is 22.7 Å². The zero-order valence-electron chi connectivity index (χ0n) is 16.4. The first-order valence-corrected chi connectivity index (χ1v) is 9.82. The lowest BCUT2D eigenvalue weighted by Gasteiger charge is -2.10. The summed E-state index contributed by atoms with van der Waals surface area (Å²) in [4.78, 5) is 42.8. The first-order chi connectivity index (χ1) is 13.9. The van der Waals surface area contributed by atoms with Crippen molar-refractivity contribution in [1.82, 2.24) is 20.2 Å². The van der Waals surface area contributed by atoms with Crippen molar-refractivity contribution < 1.29 is 14.3 Å². The number of carbonyl (C=O) groups excluding carboxylic acids is 2. The van der Waals surface area contributed by atoms with Gasteiger partial charge in [-0.25, -0.2) is 4.98 Å². The third kappa shape index (κ3) is 4.62. The van der Waals surface area contributed by atoms with Crippen molar-refractivity contribution in [3.63, 3.8) is 0 Å². The van der Waals surface area contributed by atoms with Crippen LogP contribution < -0.4 is 20.9 Å². The SMILES string of the molecule is COc1ccccc1CNC(=O)CNC(=O)Cn1cnc2sc(C)c(C)c2c1=O. The van der Waals surface area contributed by atoms with Crippen molar-refractivity contribution in [3.05, 3.63) is 57.0 Å². The number of thiophene rings is 1. The molecule has 2 aromatic heterocycles. The standard InChI is InChI=1S/C20H22N4O4S/c1-12-13(2)29-19-18(12)20(27)24(11-23-19)10-17(26)22-9-16(25)21-8-14-6-4-5-7-15(14)28-3/h4-7,11H,8-10H2,1-3H3,(H,21,25)(H,22,26). The summed E-state index contributed by atoms with van der Waals surface area (Å²) in [5, 5.41) is 5.79. The number of hydrogen-bond donors (Lipinski definition) is 2. The molecule has 2 heterocycles. The maximum absolute atomic E-state index is 12.6. The quantitative estimate of drug-likeness (QED) is 0.610. The number of methoxy groups -OCH3 is 1. The summed E-state index contributed by atoms with van der Waals surface area (Å²) in [5.74, 6) is -0.0992. The van der Waals surface area contributed by atoms with Gasteiger partial charge >= 0.3 is 0 Å². The van der Waals surface area contributed by atoms with E-state index >= 15 is 0 Å². The fourth-order valence-electron chi connectivity index (χ4n) is 2.88. The molecular weight excluding hydrogens is 392 g/mol. The Kier molecular flexibility index (Phi) is 6.28. The van der Waals surface area contributed by atoms with Gasteiger partial charge in [-0.1, -0.05) is 18.2 Å². The second-order valence-electron chi connectivity index (χ2n) is 6.51. The van der Waals surface area contributed by atoms with Gasteiger partial charge in [-0.2, -0.15) is 0 Å². The van der Waals surface area contributed by atoms with Crippen LogP contribution in [0.25, 0.3) is 10.2 Å². The number of rotatable bonds is 7. The molecule has 3 rings (SSSR count). The van der Waals surface area contributed by atoms with E-state index in [4.69, 9.17) is 4.74 Å². The van der Waals surface area contributed by atoms with E-state index in [2.05, 4.69) is 15.6 Å². The molecule has 0 radical (unpaired) electrons. The molecule has 2 N–H and O–H groups in total. The summed E-state index contributed by atoms with van der Waals surface area (Å²) < 4.78 is 6.49. The minimum absolute atomic E-state index is 0.186. The van der Waals surface area contributed by atoms with Gasteiger partial charge in [-0.05, 0) is 25.5 Å². The highest BCUT2D eigenvalue weighted by molar-refractivity contribution is 7.18. The first-order valence-electron chi connectivity index (χ1n) is 9.01. The van der Waals surface area contributed by atoms with Crippen LogP contribution in [0.2, 0.25) is 0 Å². The van der Waals surface area contributed by atoms with Crippen molar-refractivity contribution in [2.75, 3.05) is 13.7 Å². The molecule has 9 heteroatoms. The molecule has 152 valence electrons. The van der Waals surface area contributed by atoms with Gasteiger partial charge in [0.2, 0.25) is 11.8 Å². The number of aryl methyl sites for hydroxylation is 2. The highest BCUT2D eigenvalue weighted by atomic mass is 32.1. The van der Waals surface area contributed by atoms with Gasteiger partial charge in [0.05, 0.1) is 25.4 Å². The van der Waals surface area contributed by atoms with Gasteiger partial charge in [0.25, 0.3) is 5.56 Å². The van der Waals surface area contributed by atoms with Crippen molar-refractivity contribution in [3.8, 4) is 5.75 Å². The Morgan fingerprint density at radius 2 is 1.93 bits per heavy atom. The molecular formula is C20H22N4O4S. The van der Waals surface area contributed by atoms with E-state index in [1.54, 1.807) is 7.11 Å². The summed E-state index contributed by atoms with van der Waals surface area (Å²) >= 11 is 1.45. The number of benzene rings is 1. The molecule has 2 amide bonds. The van der Waals surface area contributed by atoms with Gasteiger partial charge in [-0.15, -0.1) is 11.3 Å². The number of hydrogen-bond acceptors (Lipinski definition) is 6. The van der Waals surface area contributed by atoms with E-state index < -0.39 is 5.91 Å². The molecule has 29 heavy (non-hydrogen) atoms. The van der Waals surface area contributed by atoms with Crippen molar-refractivity contribution >= 4 is 33.4 Å². The van der Waals surface area contributed by atoms with E-state index in [0.29, 0.717) is 16.0 Å². The normalized spacial score (nSPS) is 10.7. The van der Waals surface area contributed by atoms with E-state index in [1.165, 1.54) is 22.2 Å². The van der Waals surface area contributed by atoms with Gasteiger partial charge in [0.15, 0.2) is 0 Å². The van der Waals surface area contributed by atoms with Crippen molar-refractivity contribution in [2.45, 2.75) is 26.9 Å². The number of aromatic nitrogens is 2. The molecule has 8 nitrogen and oxygen atoms in total. The molecule has 0 spiro atoms. The molecule has 0 aliphatic rings. The fourth-order valence-corrected chi connectivity index (χ4v) is 3.86. The Balaban J connectivity index is 1.55. The highest BCUT2D eigenvalue weighted by Gasteiger charge is 2.14. The monoisotopic (exact) mass is 414 g/mol. The van der Waals surface area contributed by atoms with Crippen molar-refractivity contribution in [1.29, 1.82) is 0 Å². The van der Waals surface area contributed by atoms with Crippen molar-refractivity contribution in [2.24, 2.45) is 0 Å². The van der Waals surface area contributed by atoms with Crippen LogP contribution in [0.5, 0.6) is 5.75 Å². The maximum Gasteiger partial charge on any atom is 0.262 e. The van der Waals surface area contributed by atoms with E-state index in [9.17, 15) is 14.4 Å². The van der Waals surface area contributed by atoms with Gasteiger partial charge < -0.3 is 15.4 Å². The molecule has 1 aromatic carbocycles. The van der Waals surface area contributed by atoms with Crippen LogP contribution in [0.4, 0.5) is 0 Å². The number of fused-ring (bicyclic) bond motifs is 1. The average Bonchev–Trinajstić information content (AvgIpc) is 3.01. The highest BCUT2D eigenvalue weighted by Crippen LogP contribution is 2.25. The molecule has 3 aromatic rings. The van der Waals surface area contributed by atoms with Gasteiger partial charge in [0.1, 0.15) is 17.1 Å². The van der Waals surface area contributed by atoms with Crippen LogP contribution in [0, 0.1) is 13.8 Å². The maximum atomic E-state index is 12.6. The number of nitrogens with zero attached hydrogens (tertiary/aromatic N) is 2. The second kappa shape index (κ2) is 8.87. The Morgan fingerprint density at radius 3 is 2.69 bits per heavy atom. The van der Waals surface area contributed by atoms with Crippen LogP contribution in [0.3, 0.4) is 0 Å². The largest absolute Gasteiger partial charge is 0.496 e. The van der Waals surface area contributed by atoms with Crippen LogP contribution in [0.15, 0.2) is 35.4 Å². The molecule has 0 saturated carbocycles. The number of carbonyl (C=O) groups is 2. The average molecular weight is 414 g/mol. The lowest BCUT2D eigenvalue weighted by atomic mass is 10.2. The molecule has 0 aliphatic carbocycles. The number of ether oxygens (including phenoxy) is 1. The predicted molar refractivity (Wildman–Crippen MR) is 111 cm³/mol. The molecule has 0 bridgehead atoms. The van der Waals surface area contributed by atoms with E-state index in [1.807, 2.05) is 38.1 Å². The molecule has 0 unspecified atom stereocenters. The minimum Gasteiger partial charge on any atom is -0.496 e. The number of amides is 2. The zero-order valence-corrected chi connectivity index (χ0v) is 17.3.